The Morgan fingerprint density at radius 1 is 1.33 bits per heavy atom. The number of aromatic nitrogens is 2. The second-order valence-corrected chi connectivity index (χ2v) is 8.07. The number of benzene rings is 1. The van der Waals surface area contributed by atoms with Crippen LogP contribution in [-0.2, 0) is 17.1 Å². The van der Waals surface area contributed by atoms with Crippen molar-refractivity contribution in [3.05, 3.63) is 46.2 Å². The Hall–Kier alpha value is -1.19. The average molecular weight is 393 g/mol. The van der Waals surface area contributed by atoms with E-state index in [2.05, 4.69) is 10.3 Å². The van der Waals surface area contributed by atoms with E-state index in [4.69, 9.17) is 23.2 Å². The maximum Gasteiger partial charge on any atom is 0.246 e. The van der Waals surface area contributed by atoms with E-state index in [0.29, 0.717) is 18.9 Å². The Labute approximate surface area is 149 Å². The van der Waals surface area contributed by atoms with Gasteiger partial charge < -0.3 is 9.88 Å². The smallest absolute Gasteiger partial charge is 0.246 e. The first-order valence-electron chi connectivity index (χ1n) is 7.16. The number of aryl methyl sites for hydroxylation is 1. The van der Waals surface area contributed by atoms with E-state index in [1.165, 1.54) is 4.31 Å². The van der Waals surface area contributed by atoms with Crippen molar-refractivity contribution >= 4 is 33.2 Å². The Balaban J connectivity index is 2.09. The Bertz CT molecular complexity index is 848. The summed E-state index contributed by atoms with van der Waals surface area (Å²) in [6, 6.07) is 1.37. The molecule has 0 aliphatic carbocycles. The number of halogens is 3. The van der Waals surface area contributed by atoms with Gasteiger partial charge in [-0.15, -0.1) is 0 Å². The van der Waals surface area contributed by atoms with Gasteiger partial charge in [0.1, 0.15) is 16.5 Å². The van der Waals surface area contributed by atoms with Crippen LogP contribution in [-0.4, -0.2) is 41.9 Å². The maximum atomic E-state index is 13.4. The minimum atomic E-state index is -4.02. The molecule has 1 saturated heterocycles. The molecule has 24 heavy (non-hydrogen) atoms. The van der Waals surface area contributed by atoms with Crippen LogP contribution in [0, 0.1) is 5.82 Å². The molecule has 10 heteroatoms. The highest BCUT2D eigenvalue weighted by atomic mass is 35.5. The van der Waals surface area contributed by atoms with Crippen LogP contribution in [0.1, 0.15) is 11.9 Å². The molecule has 1 N–H and O–H groups in total. The van der Waals surface area contributed by atoms with Crippen molar-refractivity contribution < 1.29 is 12.8 Å². The van der Waals surface area contributed by atoms with Gasteiger partial charge in [-0.25, -0.2) is 17.8 Å². The molecule has 3 rings (SSSR count). The quantitative estimate of drug-likeness (QED) is 0.869. The molecule has 1 aliphatic heterocycles. The molecule has 0 radical (unpaired) electrons. The number of hydrogen-bond donors (Lipinski definition) is 1. The molecular weight excluding hydrogens is 378 g/mol. The number of rotatable bonds is 3. The number of hydrogen-bond acceptors (Lipinski definition) is 4. The Morgan fingerprint density at radius 3 is 2.58 bits per heavy atom. The van der Waals surface area contributed by atoms with Gasteiger partial charge in [-0.05, 0) is 12.1 Å². The molecule has 0 spiro atoms. The van der Waals surface area contributed by atoms with Crippen molar-refractivity contribution in [1.82, 2.24) is 19.2 Å². The van der Waals surface area contributed by atoms with Gasteiger partial charge in [0.2, 0.25) is 10.0 Å². The van der Waals surface area contributed by atoms with E-state index >= 15 is 0 Å². The number of nitrogens with one attached hydrogen (secondary N) is 1. The zero-order chi connectivity index (χ0) is 17.5. The fourth-order valence-corrected chi connectivity index (χ4v) is 5.51. The lowest BCUT2D eigenvalue weighted by atomic mass is 10.2. The van der Waals surface area contributed by atoms with Crippen LogP contribution in [0.2, 0.25) is 10.0 Å². The van der Waals surface area contributed by atoms with Crippen LogP contribution in [0.25, 0.3) is 0 Å². The second kappa shape index (κ2) is 6.61. The van der Waals surface area contributed by atoms with Gasteiger partial charge in [0, 0.05) is 39.1 Å². The maximum absolute atomic E-state index is 13.4. The van der Waals surface area contributed by atoms with E-state index in [1.807, 2.05) is 0 Å². The van der Waals surface area contributed by atoms with E-state index < -0.39 is 21.9 Å². The van der Waals surface area contributed by atoms with Crippen molar-refractivity contribution in [3.8, 4) is 0 Å². The molecule has 1 aromatic heterocycles. The fourth-order valence-electron chi connectivity index (χ4n) is 2.78. The van der Waals surface area contributed by atoms with Gasteiger partial charge >= 0.3 is 0 Å². The van der Waals surface area contributed by atoms with E-state index in [-0.39, 0.29) is 21.5 Å². The third-order valence-electron chi connectivity index (χ3n) is 3.88. The zero-order valence-corrected chi connectivity index (χ0v) is 15.0. The van der Waals surface area contributed by atoms with Gasteiger partial charge in [0.25, 0.3) is 0 Å². The zero-order valence-electron chi connectivity index (χ0n) is 12.7. The first-order valence-corrected chi connectivity index (χ1v) is 9.36. The number of imidazole rings is 1. The molecule has 0 saturated carbocycles. The molecule has 130 valence electrons. The third-order valence-corrected chi connectivity index (χ3v) is 6.71. The summed E-state index contributed by atoms with van der Waals surface area (Å²) < 4.78 is 42.7. The van der Waals surface area contributed by atoms with E-state index in [1.54, 1.807) is 24.0 Å². The number of nitrogens with zero attached hydrogens (tertiary/aromatic N) is 3. The summed E-state index contributed by atoms with van der Waals surface area (Å²) in [4.78, 5) is 3.96. The summed E-state index contributed by atoms with van der Waals surface area (Å²) in [5.74, 6) is -0.0926. The molecule has 1 atom stereocenters. The van der Waals surface area contributed by atoms with Crippen molar-refractivity contribution in [1.29, 1.82) is 0 Å². The standard InChI is InChI=1S/C14H15Cl2FN4O2S/c1-20-4-3-19-14(20)12-8-18-2-5-21(12)24(22,23)13-10(15)6-9(17)7-11(13)16/h3-4,6-7,12,18H,2,5,8H2,1H3. The van der Waals surface area contributed by atoms with Crippen LogP contribution in [0.3, 0.4) is 0 Å². The number of piperazine rings is 1. The molecule has 0 amide bonds. The molecule has 1 aliphatic rings. The summed E-state index contributed by atoms with van der Waals surface area (Å²) in [6.45, 7) is 1.11. The van der Waals surface area contributed by atoms with Crippen molar-refractivity contribution in [2.75, 3.05) is 19.6 Å². The highest BCUT2D eigenvalue weighted by Gasteiger charge is 2.38. The van der Waals surface area contributed by atoms with Crippen LogP contribution >= 0.6 is 23.2 Å². The topological polar surface area (TPSA) is 67.2 Å². The van der Waals surface area contributed by atoms with Crippen LogP contribution in [0.15, 0.2) is 29.4 Å². The lowest BCUT2D eigenvalue weighted by Gasteiger charge is -2.35. The molecule has 2 aromatic rings. The summed E-state index contributed by atoms with van der Waals surface area (Å²) >= 11 is 12.0. The summed E-state index contributed by atoms with van der Waals surface area (Å²) in [7, 11) is -2.23. The lowest BCUT2D eigenvalue weighted by Crippen LogP contribution is -2.49. The minimum absolute atomic E-state index is 0.226. The normalized spacial score (nSPS) is 19.6. The Kier molecular flexibility index (Phi) is 4.85. The van der Waals surface area contributed by atoms with Crippen molar-refractivity contribution in [2.45, 2.75) is 10.9 Å². The molecule has 1 unspecified atom stereocenters. The molecule has 1 fully saturated rings. The van der Waals surface area contributed by atoms with Gasteiger partial charge in [-0.3, -0.25) is 0 Å². The lowest BCUT2D eigenvalue weighted by molar-refractivity contribution is 0.258. The molecule has 6 nitrogen and oxygen atoms in total. The van der Waals surface area contributed by atoms with E-state index in [9.17, 15) is 12.8 Å². The highest BCUT2D eigenvalue weighted by molar-refractivity contribution is 7.89. The molecule has 1 aromatic carbocycles. The van der Waals surface area contributed by atoms with Gasteiger partial charge in [0.15, 0.2) is 0 Å². The summed E-state index contributed by atoms with van der Waals surface area (Å²) in [6.07, 6.45) is 3.35. The minimum Gasteiger partial charge on any atom is -0.337 e. The second-order valence-electron chi connectivity index (χ2n) is 5.43. The van der Waals surface area contributed by atoms with Gasteiger partial charge in [-0.1, -0.05) is 23.2 Å². The molecule has 0 bridgehead atoms. The van der Waals surface area contributed by atoms with Crippen LogP contribution in [0.5, 0.6) is 0 Å². The summed E-state index contributed by atoms with van der Waals surface area (Å²) in [5, 5.41) is 2.68. The third kappa shape index (κ3) is 3.04. The van der Waals surface area contributed by atoms with E-state index in [0.717, 1.165) is 12.1 Å². The van der Waals surface area contributed by atoms with Crippen molar-refractivity contribution in [3.63, 3.8) is 0 Å². The first kappa shape index (κ1) is 17.6. The van der Waals surface area contributed by atoms with Crippen LogP contribution < -0.4 is 5.32 Å². The van der Waals surface area contributed by atoms with Gasteiger partial charge in [0.05, 0.1) is 16.1 Å². The predicted octanol–water partition coefficient (Wildman–Crippen LogP) is 2.20. The largest absolute Gasteiger partial charge is 0.337 e. The SMILES string of the molecule is Cn1ccnc1C1CNCCN1S(=O)(=O)c1c(Cl)cc(F)cc1Cl. The average Bonchev–Trinajstić information content (AvgIpc) is 2.92. The monoisotopic (exact) mass is 392 g/mol. The first-order chi connectivity index (χ1) is 11.3. The van der Waals surface area contributed by atoms with Crippen LogP contribution in [0.4, 0.5) is 4.39 Å². The van der Waals surface area contributed by atoms with Gasteiger partial charge in [-0.2, -0.15) is 4.31 Å². The summed E-state index contributed by atoms with van der Waals surface area (Å²) in [5.41, 5.74) is 0. The van der Waals surface area contributed by atoms with Crippen molar-refractivity contribution in [2.24, 2.45) is 7.05 Å². The predicted molar refractivity (Wildman–Crippen MR) is 89.1 cm³/mol. The molecule has 2 heterocycles. The number of sulfonamides is 1. The fraction of sp³-hybridized carbons (Fsp3) is 0.357. The molecular formula is C14H15Cl2FN4O2S. The Morgan fingerprint density at radius 2 is 2.00 bits per heavy atom. The highest BCUT2D eigenvalue weighted by Crippen LogP contribution is 2.36.